The maximum absolute atomic E-state index is 4.69. The molecule has 156 valence electrons. The fourth-order valence-electron chi connectivity index (χ4n) is 4.58. The SMILES string of the molecule is Cc1nnc2ccc3c(cc(-c4ccn(C)n4)n3Cc3cccc(CN4CCC4)c3)n12. The van der Waals surface area contributed by atoms with Crippen molar-refractivity contribution in [2.75, 3.05) is 13.1 Å². The van der Waals surface area contributed by atoms with E-state index in [9.17, 15) is 0 Å². The molecule has 0 radical (unpaired) electrons. The second kappa shape index (κ2) is 7.06. The summed E-state index contributed by atoms with van der Waals surface area (Å²) in [7, 11) is 1.96. The monoisotopic (exact) mass is 411 g/mol. The van der Waals surface area contributed by atoms with Gasteiger partial charge in [0.2, 0.25) is 0 Å². The number of likely N-dealkylation sites (tertiary alicyclic amines) is 1. The van der Waals surface area contributed by atoms with Crippen LogP contribution in [0.4, 0.5) is 0 Å². The van der Waals surface area contributed by atoms with Crippen LogP contribution in [0.25, 0.3) is 28.1 Å². The van der Waals surface area contributed by atoms with Gasteiger partial charge in [0.25, 0.3) is 0 Å². The lowest BCUT2D eigenvalue weighted by atomic mass is 10.1. The van der Waals surface area contributed by atoms with Crippen LogP contribution in [0.3, 0.4) is 0 Å². The third kappa shape index (κ3) is 3.13. The van der Waals surface area contributed by atoms with Crippen LogP contribution in [-0.4, -0.2) is 46.9 Å². The molecule has 0 unspecified atom stereocenters. The topological polar surface area (TPSA) is 56.2 Å². The summed E-state index contributed by atoms with van der Waals surface area (Å²) in [6.07, 6.45) is 3.31. The third-order valence-electron chi connectivity index (χ3n) is 6.26. The zero-order valence-electron chi connectivity index (χ0n) is 17.9. The molecule has 0 amide bonds. The number of rotatable bonds is 5. The molecule has 5 aromatic rings. The van der Waals surface area contributed by atoms with Crippen molar-refractivity contribution in [1.82, 2.24) is 33.8 Å². The van der Waals surface area contributed by atoms with Gasteiger partial charge in [-0.05, 0) is 61.8 Å². The van der Waals surface area contributed by atoms with Crippen LogP contribution in [-0.2, 0) is 20.1 Å². The van der Waals surface area contributed by atoms with Gasteiger partial charge in [-0.25, -0.2) is 0 Å². The zero-order chi connectivity index (χ0) is 20.9. The first-order valence-electron chi connectivity index (χ1n) is 10.8. The highest BCUT2D eigenvalue weighted by atomic mass is 15.3. The molecule has 1 aliphatic heterocycles. The van der Waals surface area contributed by atoms with Crippen molar-refractivity contribution < 1.29 is 0 Å². The summed E-state index contributed by atoms with van der Waals surface area (Å²) in [4.78, 5) is 2.50. The lowest BCUT2D eigenvalue weighted by Gasteiger charge is -2.30. The molecule has 1 aliphatic rings. The van der Waals surface area contributed by atoms with Crippen molar-refractivity contribution in [2.24, 2.45) is 7.05 Å². The number of nitrogens with zero attached hydrogens (tertiary/aromatic N) is 7. The highest BCUT2D eigenvalue weighted by molar-refractivity contribution is 5.86. The average Bonchev–Trinajstić information content (AvgIpc) is 3.43. The lowest BCUT2D eigenvalue weighted by Crippen LogP contribution is -2.36. The van der Waals surface area contributed by atoms with E-state index in [1.54, 1.807) is 0 Å². The van der Waals surface area contributed by atoms with Gasteiger partial charge in [0, 0.05) is 26.3 Å². The van der Waals surface area contributed by atoms with Crippen molar-refractivity contribution in [1.29, 1.82) is 0 Å². The molecule has 31 heavy (non-hydrogen) atoms. The Bertz CT molecular complexity index is 1400. The van der Waals surface area contributed by atoms with Crippen molar-refractivity contribution in [3.05, 3.63) is 71.7 Å². The van der Waals surface area contributed by atoms with Crippen LogP contribution in [0.15, 0.2) is 54.7 Å². The maximum atomic E-state index is 4.69. The molecule has 0 spiro atoms. The van der Waals surface area contributed by atoms with Gasteiger partial charge < -0.3 is 4.57 Å². The Hall–Kier alpha value is -3.45. The molecule has 0 saturated carbocycles. The Kier molecular flexibility index (Phi) is 4.17. The van der Waals surface area contributed by atoms with Gasteiger partial charge >= 0.3 is 0 Å². The summed E-state index contributed by atoms with van der Waals surface area (Å²) in [5.74, 6) is 0.891. The van der Waals surface area contributed by atoms with E-state index < -0.39 is 0 Å². The van der Waals surface area contributed by atoms with Crippen LogP contribution >= 0.6 is 0 Å². The highest BCUT2D eigenvalue weighted by Gasteiger charge is 2.18. The largest absolute Gasteiger partial charge is 0.333 e. The van der Waals surface area contributed by atoms with Crippen molar-refractivity contribution in [2.45, 2.75) is 26.4 Å². The lowest BCUT2D eigenvalue weighted by molar-refractivity contribution is 0.172. The molecule has 0 atom stereocenters. The van der Waals surface area contributed by atoms with Crippen molar-refractivity contribution in [3.8, 4) is 11.4 Å². The Balaban J connectivity index is 1.48. The number of hydrogen-bond donors (Lipinski definition) is 0. The van der Waals surface area contributed by atoms with E-state index in [-0.39, 0.29) is 0 Å². The minimum atomic E-state index is 0.788. The average molecular weight is 412 g/mol. The second-order valence-corrected chi connectivity index (χ2v) is 8.48. The Morgan fingerprint density at radius 3 is 2.48 bits per heavy atom. The highest BCUT2D eigenvalue weighted by Crippen LogP contribution is 2.29. The van der Waals surface area contributed by atoms with Gasteiger partial charge in [-0.2, -0.15) is 5.10 Å². The van der Waals surface area contributed by atoms with Gasteiger partial charge in [-0.15, -0.1) is 10.2 Å². The molecule has 0 aliphatic carbocycles. The van der Waals surface area contributed by atoms with E-state index in [0.717, 1.165) is 47.0 Å². The third-order valence-corrected chi connectivity index (χ3v) is 6.26. The molecule has 7 nitrogen and oxygen atoms in total. The van der Waals surface area contributed by atoms with Gasteiger partial charge in [0.15, 0.2) is 5.65 Å². The molecule has 1 fully saturated rings. The smallest absolute Gasteiger partial charge is 0.161 e. The summed E-state index contributed by atoms with van der Waals surface area (Å²) in [5.41, 5.74) is 7.88. The number of fused-ring (bicyclic) bond motifs is 3. The molecule has 1 saturated heterocycles. The second-order valence-electron chi connectivity index (χ2n) is 8.48. The van der Waals surface area contributed by atoms with E-state index >= 15 is 0 Å². The summed E-state index contributed by atoms with van der Waals surface area (Å²) in [6, 6.07) is 17.5. The fraction of sp³-hybridized carbons (Fsp3) is 0.292. The number of pyridine rings is 1. The molecule has 1 aromatic carbocycles. The van der Waals surface area contributed by atoms with E-state index in [4.69, 9.17) is 5.10 Å². The molecular weight excluding hydrogens is 386 g/mol. The summed E-state index contributed by atoms with van der Waals surface area (Å²) in [5, 5.41) is 13.3. The first-order valence-corrected chi connectivity index (χ1v) is 10.8. The van der Waals surface area contributed by atoms with Crippen molar-refractivity contribution in [3.63, 3.8) is 0 Å². The summed E-state index contributed by atoms with van der Waals surface area (Å²) in [6.45, 7) is 6.25. The number of aromatic nitrogens is 6. The maximum Gasteiger partial charge on any atom is 0.161 e. The van der Waals surface area contributed by atoms with Gasteiger partial charge in [-0.3, -0.25) is 14.0 Å². The predicted molar refractivity (Wildman–Crippen MR) is 121 cm³/mol. The molecule has 0 bridgehead atoms. The number of hydrogen-bond acceptors (Lipinski definition) is 4. The van der Waals surface area contributed by atoms with Crippen LogP contribution in [0.1, 0.15) is 23.4 Å². The summed E-state index contributed by atoms with van der Waals surface area (Å²) < 4.78 is 6.34. The van der Waals surface area contributed by atoms with Crippen LogP contribution < -0.4 is 0 Å². The van der Waals surface area contributed by atoms with E-state index in [2.05, 4.69) is 66.5 Å². The molecular formula is C24H25N7. The molecule has 6 rings (SSSR count). The van der Waals surface area contributed by atoms with Crippen LogP contribution in [0.2, 0.25) is 0 Å². The Morgan fingerprint density at radius 2 is 1.74 bits per heavy atom. The minimum Gasteiger partial charge on any atom is -0.333 e. The minimum absolute atomic E-state index is 0.788. The van der Waals surface area contributed by atoms with E-state index in [1.807, 2.05) is 30.9 Å². The van der Waals surface area contributed by atoms with Crippen LogP contribution in [0, 0.1) is 6.92 Å². The van der Waals surface area contributed by atoms with Gasteiger partial charge in [0.1, 0.15) is 11.5 Å². The van der Waals surface area contributed by atoms with Gasteiger partial charge in [0.05, 0.1) is 16.7 Å². The molecule has 5 heterocycles. The van der Waals surface area contributed by atoms with E-state index in [0.29, 0.717) is 0 Å². The van der Waals surface area contributed by atoms with Crippen molar-refractivity contribution >= 4 is 16.7 Å². The first kappa shape index (κ1) is 18.3. The Labute approximate surface area is 180 Å². The normalized spacial score (nSPS) is 14.5. The zero-order valence-corrected chi connectivity index (χ0v) is 17.9. The fourth-order valence-corrected chi connectivity index (χ4v) is 4.58. The first-order chi connectivity index (χ1) is 15.2. The number of benzene rings is 1. The standard InChI is InChI=1S/C24H25N7/c1-17-25-26-24-8-7-21-23(31(17)24)14-22(20-9-12-28(2)27-20)30(21)16-19-6-3-5-18(13-19)15-29-10-4-11-29/h3,5-9,12-14H,4,10-11,15-16H2,1-2H3. The van der Waals surface area contributed by atoms with Gasteiger partial charge in [-0.1, -0.05) is 24.3 Å². The summed E-state index contributed by atoms with van der Waals surface area (Å²) >= 11 is 0. The quantitative estimate of drug-likeness (QED) is 0.443. The molecule has 0 N–H and O–H groups in total. The van der Waals surface area contributed by atoms with E-state index in [1.165, 1.54) is 30.6 Å². The van der Waals surface area contributed by atoms with Crippen LogP contribution in [0.5, 0.6) is 0 Å². The number of aryl methyl sites for hydroxylation is 2. The Morgan fingerprint density at radius 1 is 0.903 bits per heavy atom. The molecule has 7 heteroatoms. The predicted octanol–water partition coefficient (Wildman–Crippen LogP) is 3.65. The molecule has 4 aromatic heterocycles.